The maximum Gasteiger partial charge on any atom is 0.181 e. The quantitative estimate of drug-likeness (QED) is 0.562. The van der Waals surface area contributed by atoms with E-state index in [1.165, 1.54) is 0 Å². The Hall–Kier alpha value is -1.38. The van der Waals surface area contributed by atoms with Crippen LogP contribution >= 0.6 is 0 Å². The highest BCUT2D eigenvalue weighted by molar-refractivity contribution is 5.77. The lowest BCUT2D eigenvalue weighted by molar-refractivity contribution is 0.748. The molecule has 0 aliphatic rings. The number of pyridine rings is 1. The Balaban J connectivity index is 2.92. The van der Waals surface area contributed by atoms with Crippen LogP contribution in [0, 0.1) is 6.92 Å². The monoisotopic (exact) mass is 147 g/mol. The number of aromatic nitrogens is 3. The van der Waals surface area contributed by atoms with Gasteiger partial charge in [-0.25, -0.2) is 4.98 Å². The summed E-state index contributed by atoms with van der Waals surface area (Å²) in [7, 11) is 1.93. The Morgan fingerprint density at radius 1 is 1.45 bits per heavy atom. The molecule has 11 heavy (non-hydrogen) atoms. The molecular formula is C8H9N3. The number of rotatable bonds is 0. The predicted octanol–water partition coefficient (Wildman–Crippen LogP) is 1.28. The van der Waals surface area contributed by atoms with Gasteiger partial charge in [0.1, 0.15) is 0 Å². The van der Waals surface area contributed by atoms with Crippen LogP contribution < -0.4 is 0 Å². The largest absolute Gasteiger partial charge is 0.270 e. The normalized spacial score (nSPS) is 10.7. The molecule has 0 saturated carbocycles. The average Bonchev–Trinajstić information content (AvgIpc) is 2.30. The maximum absolute atomic E-state index is 4.22. The summed E-state index contributed by atoms with van der Waals surface area (Å²) >= 11 is 0. The van der Waals surface area contributed by atoms with Crippen LogP contribution in [0.1, 0.15) is 5.69 Å². The topological polar surface area (TPSA) is 30.7 Å². The van der Waals surface area contributed by atoms with Crippen molar-refractivity contribution in [3.63, 3.8) is 0 Å². The van der Waals surface area contributed by atoms with Crippen LogP contribution in [-0.2, 0) is 7.05 Å². The van der Waals surface area contributed by atoms with Gasteiger partial charge in [0.05, 0.1) is 0 Å². The molecular weight excluding hydrogens is 138 g/mol. The van der Waals surface area contributed by atoms with Crippen molar-refractivity contribution in [2.75, 3.05) is 0 Å². The first kappa shape index (κ1) is 6.34. The Morgan fingerprint density at radius 3 is 3.00 bits per heavy atom. The van der Waals surface area contributed by atoms with E-state index in [4.69, 9.17) is 0 Å². The third-order valence-electron chi connectivity index (χ3n) is 1.91. The summed E-state index contributed by atoms with van der Waals surface area (Å²) in [6, 6.07) is 3.96. The minimum absolute atomic E-state index is 0.826. The molecule has 0 saturated heterocycles. The summed E-state index contributed by atoms with van der Waals surface area (Å²) in [5.41, 5.74) is 1.99. The molecule has 3 heteroatoms. The standard InChI is InChI=1S/C8H9N3/c1-6-7-4-3-5-9-8(7)10-11(6)2/h3-5H,1-2H3. The fourth-order valence-electron chi connectivity index (χ4n) is 1.15. The first-order chi connectivity index (χ1) is 5.29. The van der Waals surface area contributed by atoms with Crippen molar-refractivity contribution in [3.05, 3.63) is 24.0 Å². The molecule has 0 unspecified atom stereocenters. The molecule has 0 spiro atoms. The Labute approximate surface area is 64.7 Å². The molecule has 56 valence electrons. The Morgan fingerprint density at radius 2 is 2.27 bits per heavy atom. The van der Waals surface area contributed by atoms with Crippen molar-refractivity contribution in [2.24, 2.45) is 7.05 Å². The molecule has 0 aromatic carbocycles. The van der Waals surface area contributed by atoms with Crippen LogP contribution in [-0.4, -0.2) is 14.8 Å². The second-order valence-electron chi connectivity index (χ2n) is 2.58. The van der Waals surface area contributed by atoms with Crippen LogP contribution in [0.2, 0.25) is 0 Å². The predicted molar refractivity (Wildman–Crippen MR) is 43.2 cm³/mol. The van der Waals surface area contributed by atoms with E-state index in [1.807, 2.05) is 30.8 Å². The fraction of sp³-hybridized carbons (Fsp3) is 0.250. The minimum Gasteiger partial charge on any atom is -0.270 e. The van der Waals surface area contributed by atoms with Gasteiger partial charge in [-0.3, -0.25) is 4.68 Å². The molecule has 2 rings (SSSR count). The van der Waals surface area contributed by atoms with Crippen molar-refractivity contribution >= 4 is 11.0 Å². The third kappa shape index (κ3) is 0.808. The number of hydrogen-bond acceptors (Lipinski definition) is 2. The summed E-state index contributed by atoms with van der Waals surface area (Å²) in [4.78, 5) is 4.13. The van der Waals surface area contributed by atoms with E-state index >= 15 is 0 Å². The van der Waals surface area contributed by atoms with Crippen LogP contribution in [0.15, 0.2) is 18.3 Å². The van der Waals surface area contributed by atoms with Crippen molar-refractivity contribution < 1.29 is 0 Å². The molecule has 0 atom stereocenters. The summed E-state index contributed by atoms with van der Waals surface area (Å²) in [6.07, 6.45) is 1.76. The highest BCUT2D eigenvalue weighted by Crippen LogP contribution is 2.12. The first-order valence-corrected chi connectivity index (χ1v) is 3.53. The fourth-order valence-corrected chi connectivity index (χ4v) is 1.15. The van der Waals surface area contributed by atoms with Gasteiger partial charge in [-0.05, 0) is 19.1 Å². The molecule has 0 fully saturated rings. The number of nitrogens with zero attached hydrogens (tertiary/aromatic N) is 3. The first-order valence-electron chi connectivity index (χ1n) is 3.53. The van der Waals surface area contributed by atoms with Crippen molar-refractivity contribution in [2.45, 2.75) is 6.92 Å². The number of fused-ring (bicyclic) bond motifs is 1. The number of aryl methyl sites for hydroxylation is 2. The van der Waals surface area contributed by atoms with Gasteiger partial charge < -0.3 is 0 Å². The van der Waals surface area contributed by atoms with E-state index in [-0.39, 0.29) is 0 Å². The van der Waals surface area contributed by atoms with Gasteiger partial charge >= 0.3 is 0 Å². The molecule has 2 aromatic heterocycles. The van der Waals surface area contributed by atoms with E-state index < -0.39 is 0 Å². The summed E-state index contributed by atoms with van der Waals surface area (Å²) in [6.45, 7) is 2.04. The molecule has 0 aliphatic heterocycles. The van der Waals surface area contributed by atoms with Gasteiger partial charge in [0, 0.05) is 24.3 Å². The summed E-state index contributed by atoms with van der Waals surface area (Å²) in [5.74, 6) is 0. The summed E-state index contributed by atoms with van der Waals surface area (Å²) < 4.78 is 1.84. The molecule has 0 amide bonds. The zero-order chi connectivity index (χ0) is 7.84. The molecule has 0 aliphatic carbocycles. The van der Waals surface area contributed by atoms with Crippen LogP contribution in [0.4, 0.5) is 0 Å². The van der Waals surface area contributed by atoms with Gasteiger partial charge in [0.2, 0.25) is 0 Å². The van der Waals surface area contributed by atoms with E-state index in [0.717, 1.165) is 16.7 Å². The van der Waals surface area contributed by atoms with Gasteiger partial charge in [0.15, 0.2) is 5.65 Å². The Bertz CT molecular complexity index is 389. The van der Waals surface area contributed by atoms with Gasteiger partial charge in [-0.2, -0.15) is 5.10 Å². The van der Waals surface area contributed by atoms with Crippen LogP contribution in [0.3, 0.4) is 0 Å². The van der Waals surface area contributed by atoms with E-state index in [0.29, 0.717) is 0 Å². The molecule has 0 N–H and O–H groups in total. The van der Waals surface area contributed by atoms with E-state index in [9.17, 15) is 0 Å². The minimum atomic E-state index is 0.826. The summed E-state index contributed by atoms with van der Waals surface area (Å²) in [5, 5.41) is 5.35. The maximum atomic E-state index is 4.22. The lowest BCUT2D eigenvalue weighted by Crippen LogP contribution is -1.91. The highest BCUT2D eigenvalue weighted by atomic mass is 15.3. The lowest BCUT2D eigenvalue weighted by atomic mass is 10.3. The zero-order valence-corrected chi connectivity index (χ0v) is 6.57. The van der Waals surface area contributed by atoms with E-state index in [2.05, 4.69) is 10.1 Å². The van der Waals surface area contributed by atoms with Gasteiger partial charge in [-0.15, -0.1) is 0 Å². The van der Waals surface area contributed by atoms with Crippen molar-refractivity contribution in [1.82, 2.24) is 14.8 Å². The second kappa shape index (κ2) is 2.05. The van der Waals surface area contributed by atoms with Gasteiger partial charge in [0.25, 0.3) is 0 Å². The smallest absolute Gasteiger partial charge is 0.181 e. The van der Waals surface area contributed by atoms with Crippen LogP contribution in [0.5, 0.6) is 0 Å². The van der Waals surface area contributed by atoms with Crippen LogP contribution in [0.25, 0.3) is 11.0 Å². The highest BCUT2D eigenvalue weighted by Gasteiger charge is 2.02. The molecule has 2 heterocycles. The molecule has 0 radical (unpaired) electrons. The molecule has 0 bridgehead atoms. The molecule has 2 aromatic rings. The van der Waals surface area contributed by atoms with Crippen molar-refractivity contribution in [1.29, 1.82) is 0 Å². The van der Waals surface area contributed by atoms with Gasteiger partial charge in [-0.1, -0.05) is 0 Å². The average molecular weight is 147 g/mol. The zero-order valence-electron chi connectivity index (χ0n) is 6.57. The second-order valence-corrected chi connectivity index (χ2v) is 2.58. The third-order valence-corrected chi connectivity index (χ3v) is 1.91. The molecule has 3 nitrogen and oxygen atoms in total. The SMILES string of the molecule is Cc1c2cccnc2nn1C. The van der Waals surface area contributed by atoms with Crippen molar-refractivity contribution in [3.8, 4) is 0 Å². The lowest BCUT2D eigenvalue weighted by Gasteiger charge is -1.89. The Kier molecular flexibility index (Phi) is 1.18. The van der Waals surface area contributed by atoms with E-state index in [1.54, 1.807) is 6.20 Å². The number of hydrogen-bond donors (Lipinski definition) is 0.